The first-order valence-corrected chi connectivity index (χ1v) is 10.6. The fraction of sp³-hybridized carbons (Fsp3) is 0.318. The molecule has 0 unspecified atom stereocenters. The zero-order valence-electron chi connectivity index (χ0n) is 16.7. The molecule has 0 spiro atoms. The highest BCUT2D eigenvalue weighted by atomic mass is 32.1. The van der Waals surface area contributed by atoms with Gasteiger partial charge in [-0.3, -0.25) is 9.59 Å². The smallest absolute Gasteiger partial charge is 0.226 e. The summed E-state index contributed by atoms with van der Waals surface area (Å²) in [6.07, 6.45) is 1.57. The minimum absolute atomic E-state index is 0.0274. The van der Waals surface area contributed by atoms with Gasteiger partial charge >= 0.3 is 0 Å². The highest BCUT2D eigenvalue weighted by Gasteiger charge is 2.10. The van der Waals surface area contributed by atoms with E-state index < -0.39 is 0 Å². The molecule has 0 fully saturated rings. The number of benzene rings is 2. The molecule has 0 radical (unpaired) electrons. The number of thiazole rings is 1. The fourth-order valence-electron chi connectivity index (χ4n) is 2.86. The van der Waals surface area contributed by atoms with E-state index in [1.807, 2.05) is 56.3 Å². The number of anilines is 1. The molecular weight excluding hydrogens is 386 g/mol. The molecule has 0 aliphatic rings. The predicted octanol–water partition coefficient (Wildman–Crippen LogP) is 4.29. The van der Waals surface area contributed by atoms with Crippen molar-refractivity contribution in [3.05, 3.63) is 53.6 Å². The average molecular weight is 412 g/mol. The van der Waals surface area contributed by atoms with Crippen LogP contribution in [-0.4, -0.2) is 23.4 Å². The maximum atomic E-state index is 12.3. The third-order valence-corrected chi connectivity index (χ3v) is 5.20. The molecule has 1 aromatic heterocycles. The number of hydrogen-bond donors (Lipinski definition) is 2. The molecule has 0 saturated heterocycles. The topological polar surface area (TPSA) is 80.3 Å². The van der Waals surface area contributed by atoms with Crippen molar-refractivity contribution in [2.45, 2.75) is 39.7 Å². The van der Waals surface area contributed by atoms with E-state index in [9.17, 15) is 9.59 Å². The van der Waals surface area contributed by atoms with Crippen molar-refractivity contribution in [3.63, 3.8) is 0 Å². The molecule has 1 heterocycles. The third-order valence-electron chi connectivity index (χ3n) is 4.26. The quantitative estimate of drug-likeness (QED) is 0.550. The van der Waals surface area contributed by atoms with Gasteiger partial charge in [0.2, 0.25) is 11.8 Å². The lowest BCUT2D eigenvalue weighted by Gasteiger charge is -2.07. The average Bonchev–Trinajstić information content (AvgIpc) is 3.09. The van der Waals surface area contributed by atoms with E-state index in [2.05, 4.69) is 15.6 Å². The summed E-state index contributed by atoms with van der Waals surface area (Å²) in [6, 6.07) is 13.4. The first-order chi connectivity index (χ1) is 14.1. The molecule has 7 heteroatoms. The van der Waals surface area contributed by atoms with Gasteiger partial charge in [0.25, 0.3) is 0 Å². The van der Waals surface area contributed by atoms with Crippen LogP contribution in [0.5, 0.6) is 5.75 Å². The Hall–Kier alpha value is -2.93. The van der Waals surface area contributed by atoms with Crippen LogP contribution in [0.1, 0.15) is 37.8 Å². The van der Waals surface area contributed by atoms with Gasteiger partial charge in [-0.1, -0.05) is 36.5 Å². The maximum Gasteiger partial charge on any atom is 0.226 e. The molecule has 6 nitrogen and oxygen atoms in total. The molecule has 0 aliphatic carbocycles. The Morgan fingerprint density at radius 3 is 2.52 bits per heavy atom. The normalized spacial score (nSPS) is 10.7. The number of carbonyl (C=O) groups is 2. The Labute approximate surface area is 174 Å². The summed E-state index contributed by atoms with van der Waals surface area (Å²) >= 11 is 1.42. The molecule has 0 bridgehead atoms. The highest BCUT2D eigenvalue weighted by molar-refractivity contribution is 7.22. The van der Waals surface area contributed by atoms with Gasteiger partial charge in [-0.05, 0) is 48.7 Å². The van der Waals surface area contributed by atoms with Crippen LogP contribution in [0.15, 0.2) is 42.5 Å². The molecule has 2 N–H and O–H groups in total. The van der Waals surface area contributed by atoms with Crippen LogP contribution in [0.3, 0.4) is 0 Å². The number of rotatable bonds is 9. The number of amides is 2. The van der Waals surface area contributed by atoms with Crippen molar-refractivity contribution in [1.82, 2.24) is 10.3 Å². The first kappa shape index (κ1) is 20.8. The highest BCUT2D eigenvalue weighted by Crippen LogP contribution is 2.27. The van der Waals surface area contributed by atoms with Crippen LogP contribution >= 0.6 is 11.3 Å². The van der Waals surface area contributed by atoms with E-state index >= 15 is 0 Å². The van der Waals surface area contributed by atoms with Gasteiger partial charge in [0, 0.05) is 13.0 Å². The van der Waals surface area contributed by atoms with Crippen molar-refractivity contribution in [3.8, 4) is 5.75 Å². The minimum Gasteiger partial charge on any atom is -0.494 e. The molecule has 3 aromatic rings. The molecular formula is C22H25N3O3S. The van der Waals surface area contributed by atoms with Gasteiger partial charge < -0.3 is 15.4 Å². The Kier molecular flexibility index (Phi) is 7.19. The summed E-state index contributed by atoms with van der Waals surface area (Å²) in [4.78, 5) is 28.5. The number of hydrogen-bond acceptors (Lipinski definition) is 5. The first-order valence-electron chi connectivity index (χ1n) is 9.75. The van der Waals surface area contributed by atoms with Crippen LogP contribution < -0.4 is 15.4 Å². The lowest BCUT2D eigenvalue weighted by Crippen LogP contribution is -2.24. The second-order valence-corrected chi connectivity index (χ2v) is 7.68. The van der Waals surface area contributed by atoms with Crippen molar-refractivity contribution in [1.29, 1.82) is 0 Å². The van der Waals surface area contributed by atoms with E-state index in [4.69, 9.17) is 4.74 Å². The Balaban J connectivity index is 1.56. The van der Waals surface area contributed by atoms with Crippen molar-refractivity contribution in [2.24, 2.45) is 0 Å². The van der Waals surface area contributed by atoms with E-state index in [0.29, 0.717) is 31.1 Å². The van der Waals surface area contributed by atoms with Gasteiger partial charge in [0.15, 0.2) is 5.13 Å². The minimum atomic E-state index is -0.0424. The summed E-state index contributed by atoms with van der Waals surface area (Å²) in [5.74, 6) is 0.755. The fourth-order valence-corrected chi connectivity index (χ4v) is 3.81. The largest absolute Gasteiger partial charge is 0.494 e. The van der Waals surface area contributed by atoms with Crippen molar-refractivity contribution < 1.29 is 14.3 Å². The van der Waals surface area contributed by atoms with E-state index in [-0.39, 0.29) is 11.8 Å². The van der Waals surface area contributed by atoms with Crippen LogP contribution in [0.2, 0.25) is 0 Å². The Morgan fingerprint density at radius 1 is 1.03 bits per heavy atom. The molecule has 2 amide bonds. The van der Waals surface area contributed by atoms with E-state index in [1.165, 1.54) is 11.3 Å². The summed E-state index contributed by atoms with van der Waals surface area (Å²) in [5, 5.41) is 6.36. The van der Waals surface area contributed by atoms with Crippen LogP contribution in [0.25, 0.3) is 10.2 Å². The second kappa shape index (κ2) is 10.0. The Bertz CT molecular complexity index is 983. The number of nitrogens with zero attached hydrogens (tertiary/aromatic N) is 1. The molecule has 0 atom stereocenters. The number of ether oxygens (including phenoxy) is 1. The summed E-state index contributed by atoms with van der Waals surface area (Å²) < 4.78 is 6.37. The Morgan fingerprint density at radius 2 is 1.79 bits per heavy atom. The zero-order chi connectivity index (χ0) is 20.6. The van der Waals surface area contributed by atoms with E-state index in [0.717, 1.165) is 33.5 Å². The summed E-state index contributed by atoms with van der Waals surface area (Å²) in [6.45, 7) is 5.01. The van der Waals surface area contributed by atoms with Gasteiger partial charge in [0.05, 0.1) is 23.2 Å². The number of fused-ring (bicyclic) bond motifs is 1. The number of nitrogens with one attached hydrogen (secondary N) is 2. The standard InChI is InChI=1S/C22H25N3O3S/c1-3-5-20(26)25-22-24-18-11-8-16(12-19(18)29-22)13-21(27)23-14-15-6-9-17(10-7-15)28-4-2/h6-12H,3-5,13-14H2,1-2H3,(H,23,27)(H,24,25,26). The number of carbonyl (C=O) groups excluding carboxylic acids is 2. The van der Waals surface area contributed by atoms with Gasteiger partial charge in [-0.25, -0.2) is 4.98 Å². The lowest BCUT2D eigenvalue weighted by molar-refractivity contribution is -0.120. The van der Waals surface area contributed by atoms with Crippen LogP contribution in [0.4, 0.5) is 5.13 Å². The van der Waals surface area contributed by atoms with E-state index in [1.54, 1.807) is 0 Å². The molecule has 152 valence electrons. The van der Waals surface area contributed by atoms with Gasteiger partial charge in [-0.15, -0.1) is 0 Å². The predicted molar refractivity (Wildman–Crippen MR) is 116 cm³/mol. The monoisotopic (exact) mass is 411 g/mol. The van der Waals surface area contributed by atoms with Crippen molar-refractivity contribution >= 4 is 38.5 Å². The molecule has 29 heavy (non-hydrogen) atoms. The van der Waals surface area contributed by atoms with Crippen LogP contribution in [0, 0.1) is 0 Å². The maximum absolute atomic E-state index is 12.3. The number of aromatic nitrogens is 1. The molecule has 0 saturated carbocycles. The SMILES string of the molecule is CCCC(=O)Nc1nc2ccc(CC(=O)NCc3ccc(OCC)cc3)cc2s1. The third kappa shape index (κ3) is 6.02. The second-order valence-electron chi connectivity index (χ2n) is 6.65. The molecule has 0 aliphatic heterocycles. The summed E-state index contributed by atoms with van der Waals surface area (Å²) in [7, 11) is 0. The zero-order valence-corrected chi connectivity index (χ0v) is 17.5. The molecule has 2 aromatic carbocycles. The van der Waals surface area contributed by atoms with Crippen LogP contribution in [-0.2, 0) is 22.6 Å². The molecule has 3 rings (SSSR count). The van der Waals surface area contributed by atoms with Gasteiger partial charge in [0.1, 0.15) is 5.75 Å². The van der Waals surface area contributed by atoms with Gasteiger partial charge in [-0.2, -0.15) is 0 Å². The summed E-state index contributed by atoms with van der Waals surface area (Å²) in [5.41, 5.74) is 2.75. The lowest BCUT2D eigenvalue weighted by atomic mass is 10.1. The van der Waals surface area contributed by atoms with Crippen molar-refractivity contribution in [2.75, 3.05) is 11.9 Å².